The topological polar surface area (TPSA) is 57.2 Å². The van der Waals surface area contributed by atoms with Gasteiger partial charge in [0.15, 0.2) is 0 Å². The summed E-state index contributed by atoms with van der Waals surface area (Å²) in [6.07, 6.45) is 0. The molecule has 0 radical (unpaired) electrons. The number of pyridine rings is 1. The summed E-state index contributed by atoms with van der Waals surface area (Å²) in [5.41, 5.74) is 2.59. The van der Waals surface area contributed by atoms with Gasteiger partial charge in [-0.2, -0.15) is 0 Å². The van der Waals surface area contributed by atoms with Gasteiger partial charge < -0.3 is 14.8 Å². The molecule has 7 heteroatoms. The number of likely N-dealkylation sites (N-methyl/N-ethyl adjacent to an activating group) is 1. The van der Waals surface area contributed by atoms with Gasteiger partial charge in [-0.15, -0.1) is 0 Å². The van der Waals surface area contributed by atoms with E-state index in [0.717, 1.165) is 37.2 Å². The summed E-state index contributed by atoms with van der Waals surface area (Å²) < 4.78 is 16.4. The van der Waals surface area contributed by atoms with Gasteiger partial charge in [0.05, 0.1) is 22.2 Å². The third-order valence-electron chi connectivity index (χ3n) is 5.40. The van der Waals surface area contributed by atoms with Crippen molar-refractivity contribution < 1.29 is 4.39 Å². The Kier molecular flexibility index (Phi) is 3.91. The fourth-order valence-electron chi connectivity index (χ4n) is 3.80. The summed E-state index contributed by atoms with van der Waals surface area (Å²) >= 11 is 0. The van der Waals surface area contributed by atoms with E-state index < -0.39 is 0 Å². The van der Waals surface area contributed by atoms with Gasteiger partial charge in [-0.25, -0.2) is 13.9 Å². The number of H-pyrrole nitrogens is 1. The first-order chi connectivity index (χ1) is 13.6. The molecule has 2 aromatic carbocycles. The van der Waals surface area contributed by atoms with E-state index in [2.05, 4.69) is 21.9 Å². The summed E-state index contributed by atoms with van der Waals surface area (Å²) in [5.74, 6) is 0.166. The maximum absolute atomic E-state index is 14.8. The highest BCUT2D eigenvalue weighted by Gasteiger charge is 2.20. The van der Waals surface area contributed by atoms with Crippen LogP contribution >= 0.6 is 0 Å². The zero-order valence-corrected chi connectivity index (χ0v) is 15.5. The molecule has 4 aromatic rings. The third-order valence-corrected chi connectivity index (χ3v) is 5.40. The van der Waals surface area contributed by atoms with E-state index in [9.17, 15) is 9.18 Å². The van der Waals surface area contributed by atoms with Crippen molar-refractivity contribution in [3.8, 4) is 5.95 Å². The normalized spacial score (nSPS) is 15.6. The van der Waals surface area contributed by atoms with Gasteiger partial charge in [0.25, 0.3) is 5.56 Å². The lowest BCUT2D eigenvalue weighted by Crippen LogP contribution is -2.44. The summed E-state index contributed by atoms with van der Waals surface area (Å²) in [6.45, 7) is 3.26. The highest BCUT2D eigenvalue weighted by molar-refractivity contribution is 5.85. The van der Waals surface area contributed by atoms with Crippen LogP contribution in [0.1, 0.15) is 0 Å². The third kappa shape index (κ3) is 2.75. The molecular formula is C21H20FN5O. The minimum atomic E-state index is -0.271. The largest absolute Gasteiger partial charge is 0.367 e. The van der Waals surface area contributed by atoms with Gasteiger partial charge in [-0.1, -0.05) is 12.1 Å². The SMILES string of the molecule is CN1CCN(c2cc3c(ccc(=O)n3-c3nc4ccccc4[nH]3)cc2F)CC1. The fraction of sp³-hybridized carbons (Fsp3) is 0.238. The van der Waals surface area contributed by atoms with Crippen molar-refractivity contribution in [2.45, 2.75) is 0 Å². The maximum Gasteiger partial charge on any atom is 0.257 e. The zero-order chi connectivity index (χ0) is 19.3. The monoisotopic (exact) mass is 377 g/mol. The average Bonchev–Trinajstić information content (AvgIpc) is 3.12. The molecule has 0 amide bonds. The minimum absolute atomic E-state index is 0.206. The van der Waals surface area contributed by atoms with Crippen molar-refractivity contribution in [2.24, 2.45) is 0 Å². The van der Waals surface area contributed by atoms with Crippen LogP contribution in [-0.4, -0.2) is 52.7 Å². The van der Waals surface area contributed by atoms with Crippen LogP contribution in [0.15, 0.2) is 53.3 Å². The van der Waals surface area contributed by atoms with Crippen LogP contribution in [-0.2, 0) is 0 Å². The Morgan fingerprint density at radius 3 is 2.61 bits per heavy atom. The second kappa shape index (κ2) is 6.45. The van der Waals surface area contributed by atoms with E-state index in [1.807, 2.05) is 29.2 Å². The first-order valence-electron chi connectivity index (χ1n) is 9.34. The minimum Gasteiger partial charge on any atom is -0.367 e. The quantitative estimate of drug-likeness (QED) is 0.584. The molecule has 0 saturated carbocycles. The van der Waals surface area contributed by atoms with Crippen LogP contribution in [0.4, 0.5) is 10.1 Å². The molecule has 0 bridgehead atoms. The van der Waals surface area contributed by atoms with Gasteiger partial charge in [0, 0.05) is 37.6 Å². The molecule has 2 aromatic heterocycles. The number of imidazole rings is 1. The van der Waals surface area contributed by atoms with Crippen molar-refractivity contribution in [1.29, 1.82) is 0 Å². The number of para-hydroxylation sites is 2. The second-order valence-corrected chi connectivity index (χ2v) is 7.24. The highest BCUT2D eigenvalue weighted by Crippen LogP contribution is 2.27. The summed E-state index contributed by atoms with van der Waals surface area (Å²) in [5, 5.41) is 0.662. The van der Waals surface area contributed by atoms with E-state index >= 15 is 0 Å². The zero-order valence-electron chi connectivity index (χ0n) is 15.5. The number of piperazine rings is 1. The van der Waals surface area contributed by atoms with Crippen LogP contribution in [0.25, 0.3) is 27.9 Å². The number of halogens is 1. The van der Waals surface area contributed by atoms with Crippen molar-refractivity contribution >= 4 is 27.6 Å². The molecule has 1 aliphatic heterocycles. The molecule has 0 aliphatic carbocycles. The fourth-order valence-corrected chi connectivity index (χ4v) is 3.80. The smallest absolute Gasteiger partial charge is 0.257 e. The Balaban J connectivity index is 1.71. The Bertz CT molecular complexity index is 1200. The summed E-state index contributed by atoms with van der Waals surface area (Å²) in [6, 6.07) is 14.0. The van der Waals surface area contributed by atoms with Crippen LogP contribution in [0.5, 0.6) is 0 Å². The summed E-state index contributed by atoms with van der Waals surface area (Å²) in [4.78, 5) is 24.7. The highest BCUT2D eigenvalue weighted by atomic mass is 19.1. The molecule has 6 nitrogen and oxygen atoms in total. The van der Waals surface area contributed by atoms with Gasteiger partial charge in [0.2, 0.25) is 5.95 Å². The Morgan fingerprint density at radius 2 is 1.82 bits per heavy atom. The van der Waals surface area contributed by atoms with Crippen molar-refractivity contribution in [1.82, 2.24) is 19.4 Å². The molecule has 0 atom stereocenters. The number of rotatable bonds is 2. The number of hydrogen-bond donors (Lipinski definition) is 1. The number of nitrogens with one attached hydrogen (secondary N) is 1. The standard InChI is InChI=1S/C21H20FN5O/c1-25-8-10-26(11-9-25)19-13-18-14(12-15(19)22)6-7-20(28)27(18)21-23-16-4-2-3-5-17(16)24-21/h2-7,12-13H,8-11H2,1H3,(H,23,24). The lowest BCUT2D eigenvalue weighted by atomic mass is 10.1. The number of nitrogens with zero attached hydrogens (tertiary/aromatic N) is 4. The molecule has 28 heavy (non-hydrogen) atoms. The molecule has 1 N–H and O–H groups in total. The molecule has 1 saturated heterocycles. The number of anilines is 1. The van der Waals surface area contributed by atoms with Crippen LogP contribution < -0.4 is 10.5 Å². The number of aromatic nitrogens is 3. The Hall–Kier alpha value is -3.19. The number of hydrogen-bond acceptors (Lipinski definition) is 4. The lowest BCUT2D eigenvalue weighted by molar-refractivity contribution is 0.312. The number of aromatic amines is 1. The van der Waals surface area contributed by atoms with Gasteiger partial charge >= 0.3 is 0 Å². The molecule has 0 spiro atoms. The van der Waals surface area contributed by atoms with Gasteiger partial charge in [-0.3, -0.25) is 4.79 Å². The van der Waals surface area contributed by atoms with Crippen LogP contribution in [0, 0.1) is 5.82 Å². The molecule has 1 aliphatic rings. The number of benzene rings is 2. The predicted molar refractivity (Wildman–Crippen MR) is 109 cm³/mol. The van der Waals surface area contributed by atoms with E-state index in [1.165, 1.54) is 16.7 Å². The van der Waals surface area contributed by atoms with Crippen molar-refractivity contribution in [2.75, 3.05) is 38.1 Å². The molecule has 0 unspecified atom stereocenters. The first kappa shape index (κ1) is 16.9. The molecular weight excluding hydrogens is 357 g/mol. The molecule has 142 valence electrons. The molecule has 1 fully saturated rings. The Morgan fingerprint density at radius 1 is 1.04 bits per heavy atom. The van der Waals surface area contributed by atoms with E-state index in [-0.39, 0.29) is 11.4 Å². The van der Waals surface area contributed by atoms with E-state index in [0.29, 0.717) is 22.5 Å². The average molecular weight is 377 g/mol. The van der Waals surface area contributed by atoms with Crippen LogP contribution in [0.2, 0.25) is 0 Å². The second-order valence-electron chi connectivity index (χ2n) is 7.24. The lowest BCUT2D eigenvalue weighted by Gasteiger charge is -2.34. The number of fused-ring (bicyclic) bond motifs is 2. The van der Waals surface area contributed by atoms with Gasteiger partial charge in [0.1, 0.15) is 5.82 Å². The van der Waals surface area contributed by atoms with E-state index in [4.69, 9.17) is 0 Å². The van der Waals surface area contributed by atoms with Gasteiger partial charge in [-0.05, 0) is 37.4 Å². The predicted octanol–water partition coefficient (Wildman–Crippen LogP) is 2.76. The van der Waals surface area contributed by atoms with Crippen molar-refractivity contribution in [3.05, 3.63) is 64.7 Å². The Labute approximate surface area is 160 Å². The first-order valence-corrected chi connectivity index (χ1v) is 9.34. The van der Waals surface area contributed by atoms with Crippen molar-refractivity contribution in [3.63, 3.8) is 0 Å². The van der Waals surface area contributed by atoms with E-state index in [1.54, 1.807) is 12.1 Å². The van der Waals surface area contributed by atoms with Crippen LogP contribution in [0.3, 0.4) is 0 Å². The molecule has 5 rings (SSSR count). The summed E-state index contributed by atoms with van der Waals surface area (Å²) in [7, 11) is 2.06. The molecule has 3 heterocycles. The maximum atomic E-state index is 14.8.